The van der Waals surface area contributed by atoms with Crippen LogP contribution in [-0.4, -0.2) is 0 Å². The zero-order valence-electron chi connectivity index (χ0n) is 27.8. The second kappa shape index (κ2) is 15.5. The normalized spacial score (nSPS) is 14.5. The zero-order chi connectivity index (χ0) is 32.9. The molecule has 0 aromatic heterocycles. The van der Waals surface area contributed by atoms with E-state index in [0.717, 1.165) is 19.3 Å². The van der Waals surface area contributed by atoms with E-state index in [-0.39, 0.29) is 0 Å². The first kappa shape index (κ1) is 33.9. The van der Waals surface area contributed by atoms with E-state index < -0.39 is 20.8 Å². The van der Waals surface area contributed by atoms with Gasteiger partial charge in [0.05, 0.1) is 0 Å². The van der Waals surface area contributed by atoms with Crippen molar-refractivity contribution in [3.63, 3.8) is 0 Å². The summed E-state index contributed by atoms with van der Waals surface area (Å²) < 4.78 is 0. The summed E-state index contributed by atoms with van der Waals surface area (Å²) in [6.07, 6.45) is 10.5. The number of hydrogen-bond acceptors (Lipinski definition) is 0. The molecule has 0 heterocycles. The van der Waals surface area contributed by atoms with E-state index >= 15 is 0 Å². The maximum atomic E-state index is 4.93. The van der Waals surface area contributed by atoms with Crippen LogP contribution in [0.2, 0.25) is 0 Å². The molecule has 0 aliphatic heterocycles. The van der Waals surface area contributed by atoms with Crippen molar-refractivity contribution >= 4 is 50.7 Å². The van der Waals surface area contributed by atoms with E-state index in [1.807, 2.05) is 0 Å². The standard InChI is InChI=1S/C22H22.C22H20.2ClH.Zr/c2*1-15-12-18-8-5-7-17(22(18)13-15)10-11-20-16(2)14-19-6-3-4-9-21(19)20;;;/h3-9,12,14,20H,10-11,13H2,1-2H3;3-9,12-14H,10-11H2,1-2H3;2*1H;/q;-2;;;+2/p-2. The third kappa shape index (κ3) is 7.70. The second-order valence-corrected chi connectivity index (χ2v) is 16.9. The Morgan fingerprint density at radius 2 is 1.45 bits per heavy atom. The van der Waals surface area contributed by atoms with Gasteiger partial charge in [-0.3, -0.25) is 0 Å². The molecule has 0 spiro atoms. The van der Waals surface area contributed by atoms with Gasteiger partial charge in [-0.1, -0.05) is 105 Å². The fourth-order valence-corrected chi connectivity index (χ4v) is 7.76. The van der Waals surface area contributed by atoms with Crippen molar-refractivity contribution in [2.75, 3.05) is 0 Å². The number of aryl methyl sites for hydroxylation is 5. The van der Waals surface area contributed by atoms with Gasteiger partial charge in [-0.2, -0.15) is 12.1 Å². The number of rotatable bonds is 6. The Bertz CT molecular complexity index is 2070. The van der Waals surface area contributed by atoms with E-state index in [4.69, 9.17) is 17.0 Å². The molecule has 0 bridgehead atoms. The van der Waals surface area contributed by atoms with Crippen molar-refractivity contribution in [1.29, 1.82) is 0 Å². The van der Waals surface area contributed by atoms with Crippen LogP contribution in [0, 0.1) is 13.8 Å². The SMILES string of the molecule is CC1=Cc2cccc(CCC3C(C)=Cc4ccccc43)c2C1.Cc1cc2cccc(CC[c-]3c(C)cc4ccccc43)c2[cH-]1.[Cl][Zr][Cl]. The molecule has 0 N–H and O–H groups in total. The Balaban J connectivity index is 0.000000152. The van der Waals surface area contributed by atoms with Gasteiger partial charge in [0, 0.05) is 5.92 Å². The number of benzene rings is 4. The predicted octanol–water partition coefficient (Wildman–Crippen LogP) is 13.0. The summed E-state index contributed by atoms with van der Waals surface area (Å²) in [5, 5.41) is 5.59. The fourth-order valence-electron chi connectivity index (χ4n) is 7.76. The van der Waals surface area contributed by atoms with E-state index in [2.05, 4.69) is 143 Å². The Morgan fingerprint density at radius 1 is 0.745 bits per heavy atom. The minimum absolute atomic E-state index is 0.600. The van der Waals surface area contributed by atoms with Gasteiger partial charge < -0.3 is 0 Å². The first-order valence-electron chi connectivity index (χ1n) is 16.7. The zero-order valence-corrected chi connectivity index (χ0v) is 31.8. The molecule has 2 aliphatic carbocycles. The van der Waals surface area contributed by atoms with Gasteiger partial charge >= 0.3 is 37.9 Å². The van der Waals surface area contributed by atoms with Crippen LogP contribution in [0.15, 0.2) is 114 Å². The van der Waals surface area contributed by atoms with Crippen LogP contribution in [0.5, 0.6) is 0 Å². The van der Waals surface area contributed by atoms with Crippen molar-refractivity contribution in [2.45, 2.75) is 65.7 Å². The summed E-state index contributed by atoms with van der Waals surface area (Å²) >= 11 is -0.826. The Hall–Kier alpha value is -2.96. The van der Waals surface area contributed by atoms with Gasteiger partial charge in [-0.15, -0.1) is 80.2 Å². The van der Waals surface area contributed by atoms with Crippen molar-refractivity contribution in [3.05, 3.63) is 164 Å². The molecule has 0 amide bonds. The Labute approximate surface area is 299 Å². The molecule has 0 fully saturated rings. The van der Waals surface area contributed by atoms with Gasteiger partial charge in [0.2, 0.25) is 0 Å². The number of halogens is 2. The molecule has 3 heteroatoms. The summed E-state index contributed by atoms with van der Waals surface area (Å²) in [6, 6.07) is 38.0. The Kier molecular flexibility index (Phi) is 11.2. The summed E-state index contributed by atoms with van der Waals surface area (Å²) in [7, 11) is 9.87. The first-order valence-corrected chi connectivity index (χ1v) is 23.0. The van der Waals surface area contributed by atoms with E-state index in [9.17, 15) is 0 Å². The summed E-state index contributed by atoms with van der Waals surface area (Å²) in [5.74, 6) is 0.600. The molecule has 8 rings (SSSR count). The molecular weight excluding hydrogens is 691 g/mol. The molecule has 0 nitrogen and oxygen atoms in total. The van der Waals surface area contributed by atoms with E-state index in [0.29, 0.717) is 5.92 Å². The van der Waals surface area contributed by atoms with Crippen molar-refractivity contribution in [1.82, 2.24) is 0 Å². The summed E-state index contributed by atoms with van der Waals surface area (Å²) in [6.45, 7) is 8.94. The van der Waals surface area contributed by atoms with Crippen LogP contribution in [0.4, 0.5) is 0 Å². The van der Waals surface area contributed by atoms with Crippen molar-refractivity contribution in [3.8, 4) is 0 Å². The third-order valence-corrected chi connectivity index (χ3v) is 9.94. The minimum atomic E-state index is -0.826. The van der Waals surface area contributed by atoms with Crippen LogP contribution in [0.1, 0.15) is 76.3 Å². The molecule has 1 atom stereocenters. The van der Waals surface area contributed by atoms with Crippen LogP contribution in [0.3, 0.4) is 0 Å². The number of fused-ring (bicyclic) bond motifs is 4. The molecule has 238 valence electrons. The topological polar surface area (TPSA) is 0 Å². The average molecular weight is 733 g/mol. The third-order valence-electron chi connectivity index (χ3n) is 9.94. The average Bonchev–Trinajstić information content (AvgIpc) is 3.81. The molecule has 6 aromatic rings. The van der Waals surface area contributed by atoms with Crippen LogP contribution < -0.4 is 0 Å². The summed E-state index contributed by atoms with van der Waals surface area (Å²) in [4.78, 5) is 0. The molecule has 0 saturated heterocycles. The quantitative estimate of drug-likeness (QED) is 0.150. The maximum absolute atomic E-state index is 4.93. The van der Waals surface area contributed by atoms with E-state index in [1.165, 1.54) is 84.5 Å². The fraction of sp³-hybridized carbons (Fsp3) is 0.227. The molecule has 0 saturated carbocycles. The molecule has 2 aliphatic rings. The molecule has 1 unspecified atom stereocenters. The van der Waals surface area contributed by atoms with Gasteiger partial charge in [-0.25, -0.2) is 0 Å². The predicted molar refractivity (Wildman–Crippen MR) is 203 cm³/mol. The van der Waals surface area contributed by atoms with Crippen LogP contribution in [-0.2, 0) is 46.5 Å². The van der Waals surface area contributed by atoms with Gasteiger partial charge in [-0.05, 0) is 60.9 Å². The van der Waals surface area contributed by atoms with Crippen LogP contribution in [0.25, 0.3) is 33.7 Å². The van der Waals surface area contributed by atoms with Crippen molar-refractivity contribution < 1.29 is 20.8 Å². The van der Waals surface area contributed by atoms with Gasteiger partial charge in [0.15, 0.2) is 0 Å². The van der Waals surface area contributed by atoms with Crippen LogP contribution >= 0.6 is 17.0 Å². The van der Waals surface area contributed by atoms with Crippen molar-refractivity contribution in [2.24, 2.45) is 0 Å². The molecule has 6 aromatic carbocycles. The monoisotopic (exact) mass is 730 g/mol. The number of allylic oxidation sites excluding steroid dienone is 2. The molecular formula is C44H42Cl2Zr-2. The molecule has 47 heavy (non-hydrogen) atoms. The number of hydrogen-bond donors (Lipinski definition) is 0. The molecule has 0 radical (unpaired) electrons. The Morgan fingerprint density at radius 3 is 2.30 bits per heavy atom. The second-order valence-electron chi connectivity index (χ2n) is 13.2. The van der Waals surface area contributed by atoms with Gasteiger partial charge in [0.25, 0.3) is 0 Å². The van der Waals surface area contributed by atoms with E-state index in [1.54, 1.807) is 11.1 Å². The first-order chi connectivity index (χ1) is 22.9. The van der Waals surface area contributed by atoms with Gasteiger partial charge in [0.1, 0.15) is 0 Å². The summed E-state index contributed by atoms with van der Waals surface area (Å²) in [5.41, 5.74) is 16.2.